The molecule has 114 valence electrons. The summed E-state index contributed by atoms with van der Waals surface area (Å²) in [6, 6.07) is 7.57. The Kier molecular flexibility index (Phi) is 3.79. The van der Waals surface area contributed by atoms with E-state index in [1.807, 2.05) is 31.2 Å². The van der Waals surface area contributed by atoms with Crippen LogP contribution >= 0.6 is 11.6 Å². The van der Waals surface area contributed by atoms with Gasteiger partial charge in [-0.2, -0.15) is 0 Å². The summed E-state index contributed by atoms with van der Waals surface area (Å²) in [6.07, 6.45) is 0. The summed E-state index contributed by atoms with van der Waals surface area (Å²) in [5.74, 6) is 0.918. The molecule has 0 aliphatic carbocycles. The smallest absolute Gasteiger partial charge is 0.367 e. The predicted molar refractivity (Wildman–Crippen MR) is 79.3 cm³/mol. The second-order valence-electron chi connectivity index (χ2n) is 4.44. The van der Waals surface area contributed by atoms with Crippen molar-refractivity contribution < 1.29 is 4.74 Å². The van der Waals surface area contributed by atoms with E-state index in [1.165, 1.54) is 0 Å². The highest BCUT2D eigenvalue weighted by Crippen LogP contribution is 2.19. The number of halogens is 1. The first kappa shape index (κ1) is 14.1. The van der Waals surface area contributed by atoms with Crippen molar-refractivity contribution in [3.8, 4) is 5.75 Å². The zero-order valence-electron chi connectivity index (χ0n) is 11.5. The number of nitrogens with zero attached hydrogens (tertiary/aromatic N) is 4. The monoisotopic (exact) mass is 321 g/mol. The van der Waals surface area contributed by atoms with Gasteiger partial charge in [0.15, 0.2) is 5.84 Å². The van der Waals surface area contributed by atoms with Crippen molar-refractivity contribution in [2.24, 2.45) is 5.10 Å². The minimum absolute atomic E-state index is 0.108. The van der Waals surface area contributed by atoms with Gasteiger partial charge >= 0.3 is 5.69 Å². The molecule has 0 atom stereocenters. The Morgan fingerprint density at radius 2 is 2.18 bits per heavy atom. The van der Waals surface area contributed by atoms with Crippen LogP contribution < -0.4 is 21.4 Å². The lowest BCUT2D eigenvalue weighted by atomic mass is 10.2. The van der Waals surface area contributed by atoms with Gasteiger partial charge in [-0.15, -0.1) is 9.78 Å². The van der Waals surface area contributed by atoms with Crippen LogP contribution in [-0.2, 0) is 0 Å². The lowest BCUT2D eigenvalue weighted by Gasteiger charge is -2.19. The molecule has 9 nitrogen and oxygen atoms in total. The predicted octanol–water partition coefficient (Wildman–Crippen LogP) is 0.0736. The van der Waals surface area contributed by atoms with Crippen molar-refractivity contribution in [1.82, 2.24) is 31.2 Å². The van der Waals surface area contributed by atoms with Gasteiger partial charge in [0, 0.05) is 0 Å². The Bertz CT molecular complexity index is 808. The highest BCUT2D eigenvalue weighted by atomic mass is 35.5. The lowest BCUT2D eigenvalue weighted by Crippen LogP contribution is -2.40. The van der Waals surface area contributed by atoms with Gasteiger partial charge in [0.1, 0.15) is 17.5 Å². The first-order chi connectivity index (χ1) is 10.7. The van der Waals surface area contributed by atoms with E-state index in [2.05, 4.69) is 31.6 Å². The number of aromatic amines is 1. The fraction of sp³-hybridized carbons (Fsp3) is 0.167. The zero-order chi connectivity index (χ0) is 15.5. The highest BCUT2D eigenvalue weighted by molar-refractivity contribution is 6.32. The number of rotatable bonds is 3. The summed E-state index contributed by atoms with van der Waals surface area (Å²) in [4.78, 5) is 11.6. The van der Waals surface area contributed by atoms with Gasteiger partial charge in [0.05, 0.1) is 5.57 Å². The van der Waals surface area contributed by atoms with Gasteiger partial charge < -0.3 is 4.74 Å². The largest absolute Gasteiger partial charge is 0.488 e. The topological polar surface area (TPSA) is 109 Å². The van der Waals surface area contributed by atoms with E-state index in [-0.39, 0.29) is 17.6 Å². The molecule has 0 saturated carbocycles. The molecule has 0 radical (unpaired) electrons. The van der Waals surface area contributed by atoms with E-state index in [4.69, 9.17) is 16.3 Å². The molecule has 0 fully saturated rings. The van der Waals surface area contributed by atoms with Crippen LogP contribution in [0.25, 0.3) is 0 Å². The standard InChI is InChI=1S/C12H12ClN7O2/c1-7-4-2-3-5-9(7)22-6-8-10(13)14-17-15-11(8)20-12(21)16-18-19-20/h2-5,14,17H,6H2,1H3,(H,16,19,21). The average molecular weight is 322 g/mol. The highest BCUT2D eigenvalue weighted by Gasteiger charge is 2.22. The molecule has 0 spiro atoms. The fourth-order valence-electron chi connectivity index (χ4n) is 1.88. The van der Waals surface area contributed by atoms with E-state index in [0.717, 1.165) is 10.2 Å². The van der Waals surface area contributed by atoms with Crippen LogP contribution in [0.3, 0.4) is 0 Å². The lowest BCUT2D eigenvalue weighted by molar-refractivity contribution is 0.351. The molecule has 0 unspecified atom stereocenters. The van der Waals surface area contributed by atoms with Gasteiger partial charge in [-0.3, -0.25) is 5.43 Å². The fourth-order valence-corrected chi connectivity index (χ4v) is 2.06. The Morgan fingerprint density at radius 3 is 2.91 bits per heavy atom. The van der Waals surface area contributed by atoms with Gasteiger partial charge in [0.25, 0.3) is 0 Å². The van der Waals surface area contributed by atoms with Crippen molar-refractivity contribution in [2.45, 2.75) is 6.92 Å². The maximum Gasteiger partial charge on any atom is 0.367 e. The van der Waals surface area contributed by atoms with Gasteiger partial charge in [-0.25, -0.2) is 15.4 Å². The van der Waals surface area contributed by atoms with Crippen molar-refractivity contribution in [2.75, 3.05) is 6.61 Å². The maximum atomic E-state index is 11.6. The van der Waals surface area contributed by atoms with E-state index in [1.54, 1.807) is 0 Å². The van der Waals surface area contributed by atoms with Crippen molar-refractivity contribution in [3.63, 3.8) is 0 Å². The number of para-hydroxylation sites is 1. The Balaban J connectivity index is 1.87. The number of nitrogens with one attached hydrogen (secondary N) is 3. The molecule has 0 saturated heterocycles. The number of ether oxygens (including phenoxy) is 1. The van der Waals surface area contributed by atoms with Crippen molar-refractivity contribution in [3.05, 3.63) is 51.0 Å². The summed E-state index contributed by atoms with van der Waals surface area (Å²) in [5, 5.41) is 13.5. The van der Waals surface area contributed by atoms with E-state index in [9.17, 15) is 4.79 Å². The third-order valence-corrected chi connectivity index (χ3v) is 3.32. The number of H-pyrrole nitrogens is 1. The third-order valence-electron chi connectivity index (χ3n) is 3.00. The number of hydrogen-bond acceptors (Lipinski definition) is 7. The molecule has 1 aliphatic rings. The van der Waals surface area contributed by atoms with E-state index in [0.29, 0.717) is 11.3 Å². The van der Waals surface area contributed by atoms with Crippen LogP contribution in [0.1, 0.15) is 5.56 Å². The average Bonchev–Trinajstić information content (AvgIpc) is 2.93. The molecular formula is C12H12ClN7O2. The molecular weight excluding hydrogens is 310 g/mol. The third kappa shape index (κ3) is 2.66. The van der Waals surface area contributed by atoms with Crippen LogP contribution in [0, 0.1) is 6.92 Å². The second-order valence-corrected chi connectivity index (χ2v) is 4.82. The molecule has 10 heteroatoms. The molecule has 0 bridgehead atoms. The normalized spacial score (nSPS) is 14.2. The van der Waals surface area contributed by atoms with Crippen LogP contribution in [0.5, 0.6) is 5.75 Å². The van der Waals surface area contributed by atoms with Crippen LogP contribution in [0.15, 0.2) is 44.9 Å². The molecule has 1 aliphatic heterocycles. The van der Waals surface area contributed by atoms with Gasteiger partial charge in [-0.05, 0) is 29.0 Å². The summed E-state index contributed by atoms with van der Waals surface area (Å²) >= 11 is 6.12. The van der Waals surface area contributed by atoms with Crippen LogP contribution in [0.4, 0.5) is 0 Å². The molecule has 2 heterocycles. The summed E-state index contributed by atoms with van der Waals surface area (Å²) in [6.45, 7) is 2.04. The minimum Gasteiger partial charge on any atom is -0.488 e. The number of hydrogen-bond donors (Lipinski definition) is 3. The minimum atomic E-state index is -0.527. The molecule has 3 rings (SSSR count). The quantitative estimate of drug-likeness (QED) is 0.690. The molecule has 2 aromatic rings. The van der Waals surface area contributed by atoms with Gasteiger partial charge in [-0.1, -0.05) is 29.8 Å². The molecule has 3 N–H and O–H groups in total. The van der Waals surface area contributed by atoms with Crippen LogP contribution in [-0.4, -0.2) is 32.6 Å². The number of tetrazole rings is 1. The molecule has 1 aromatic heterocycles. The van der Waals surface area contributed by atoms with E-state index < -0.39 is 5.69 Å². The summed E-state index contributed by atoms with van der Waals surface area (Å²) < 4.78 is 6.74. The van der Waals surface area contributed by atoms with Gasteiger partial charge in [0.2, 0.25) is 0 Å². The number of benzene rings is 1. The summed E-state index contributed by atoms with van der Waals surface area (Å²) in [5.41, 5.74) is 6.07. The zero-order valence-corrected chi connectivity index (χ0v) is 12.3. The second kappa shape index (κ2) is 5.90. The number of hydrazine groups is 1. The van der Waals surface area contributed by atoms with Crippen LogP contribution in [0.2, 0.25) is 0 Å². The molecule has 0 amide bonds. The molecule has 22 heavy (non-hydrogen) atoms. The van der Waals surface area contributed by atoms with Crippen molar-refractivity contribution >= 4 is 17.4 Å². The summed E-state index contributed by atoms with van der Waals surface area (Å²) in [7, 11) is 0. The first-order valence-corrected chi connectivity index (χ1v) is 6.71. The Labute approximate surface area is 129 Å². The van der Waals surface area contributed by atoms with E-state index >= 15 is 0 Å². The Hall–Kier alpha value is -2.81. The maximum absolute atomic E-state index is 11.6. The Morgan fingerprint density at radius 1 is 1.36 bits per heavy atom. The number of hydrazone groups is 1. The SMILES string of the molecule is Cc1ccccc1OCC1=C(Cl)NNN=C1n1nn[nH]c1=O. The first-order valence-electron chi connectivity index (χ1n) is 6.33. The number of aromatic nitrogens is 4. The number of aryl methyl sites for hydroxylation is 1. The van der Waals surface area contributed by atoms with Crippen molar-refractivity contribution in [1.29, 1.82) is 0 Å². The molecule has 1 aromatic carbocycles.